The Morgan fingerprint density at radius 3 is 2.17 bits per heavy atom. The molecule has 6 nitrogen and oxygen atoms in total. The van der Waals surface area contributed by atoms with Gasteiger partial charge in [0.05, 0.1) is 0 Å². The molecule has 3 unspecified atom stereocenters. The molecule has 122 valence electrons. The van der Waals surface area contributed by atoms with Crippen molar-refractivity contribution < 1.29 is 19.7 Å². The second-order valence-corrected chi connectivity index (χ2v) is 5.11. The number of nitrogens with one attached hydrogen (secondary N) is 1. The van der Waals surface area contributed by atoms with Crippen LogP contribution in [0.25, 0.3) is 0 Å². The Hall–Kier alpha value is -2.57. The van der Waals surface area contributed by atoms with Crippen LogP contribution < -0.4 is 11.1 Å². The molecule has 0 aliphatic rings. The summed E-state index contributed by atoms with van der Waals surface area (Å²) in [6.45, 7) is 0. The molecule has 0 saturated heterocycles. The van der Waals surface area contributed by atoms with E-state index in [1.165, 1.54) is 0 Å². The molecule has 1 amide bonds. The summed E-state index contributed by atoms with van der Waals surface area (Å²) in [4.78, 5) is 11.1. The van der Waals surface area contributed by atoms with Crippen molar-refractivity contribution in [1.82, 2.24) is 0 Å². The number of anilines is 1. The molecule has 2 aromatic rings. The maximum atomic E-state index is 11.1. The average Bonchev–Trinajstić information content (AvgIpc) is 2.55. The van der Waals surface area contributed by atoms with E-state index < -0.39 is 24.5 Å². The van der Waals surface area contributed by atoms with Gasteiger partial charge in [-0.05, 0) is 17.7 Å². The first-order chi connectivity index (χ1) is 11.1. The molecule has 5 N–H and O–H groups in total. The molecular formula is C17H20N2O4. The summed E-state index contributed by atoms with van der Waals surface area (Å²) in [6.07, 6.45) is -4.40. The molecule has 0 spiro atoms. The van der Waals surface area contributed by atoms with Gasteiger partial charge in [-0.15, -0.1) is 0 Å². The molecule has 0 radical (unpaired) electrons. The lowest BCUT2D eigenvalue weighted by Crippen LogP contribution is -2.45. The number of carbonyl (C=O) groups is 1. The number of nitrogens with two attached hydrogens (primary N) is 1. The summed E-state index contributed by atoms with van der Waals surface area (Å²) in [5.74, 6) is 0. The number of carbonyl (C=O) groups excluding carboxylic acids is 1. The number of primary amides is 1. The highest BCUT2D eigenvalue weighted by Crippen LogP contribution is 2.15. The second kappa shape index (κ2) is 8.17. The lowest BCUT2D eigenvalue weighted by Gasteiger charge is -2.27. The van der Waals surface area contributed by atoms with E-state index in [4.69, 9.17) is 10.5 Å². The Labute approximate surface area is 134 Å². The van der Waals surface area contributed by atoms with Crippen LogP contribution in [0.5, 0.6) is 0 Å². The SMILES string of the molecule is NC(=O)OC(Cc1ccccc1)C(O)C(O)Nc1ccccc1. The van der Waals surface area contributed by atoms with Crippen molar-refractivity contribution >= 4 is 11.8 Å². The van der Waals surface area contributed by atoms with E-state index in [1.54, 1.807) is 24.3 Å². The minimum atomic E-state index is -1.34. The van der Waals surface area contributed by atoms with Gasteiger partial charge in [-0.2, -0.15) is 0 Å². The normalized spacial score (nSPS) is 14.5. The highest BCUT2D eigenvalue weighted by atomic mass is 16.6. The van der Waals surface area contributed by atoms with Crippen LogP contribution in [0, 0.1) is 0 Å². The first kappa shape index (κ1) is 16.8. The van der Waals surface area contributed by atoms with Crippen LogP contribution in [0.4, 0.5) is 10.5 Å². The zero-order valence-electron chi connectivity index (χ0n) is 12.5. The number of amides is 1. The Balaban J connectivity index is 2.06. The smallest absolute Gasteiger partial charge is 0.404 e. The van der Waals surface area contributed by atoms with Gasteiger partial charge in [0.2, 0.25) is 0 Å². The summed E-state index contributed by atoms with van der Waals surface area (Å²) < 4.78 is 4.96. The van der Waals surface area contributed by atoms with Crippen molar-refractivity contribution in [3.8, 4) is 0 Å². The number of benzene rings is 2. The van der Waals surface area contributed by atoms with Gasteiger partial charge in [0.1, 0.15) is 12.2 Å². The Bertz CT molecular complexity index is 607. The number of aliphatic hydroxyl groups excluding tert-OH is 2. The van der Waals surface area contributed by atoms with Crippen molar-refractivity contribution in [1.29, 1.82) is 0 Å². The predicted octanol–water partition coefficient (Wildman–Crippen LogP) is 1.48. The number of aliphatic hydroxyl groups is 2. The maximum Gasteiger partial charge on any atom is 0.404 e. The summed E-state index contributed by atoms with van der Waals surface area (Å²) in [5, 5.41) is 23.2. The van der Waals surface area contributed by atoms with Crippen LogP contribution in [0.1, 0.15) is 5.56 Å². The van der Waals surface area contributed by atoms with Crippen LogP contribution in [0.15, 0.2) is 60.7 Å². The molecule has 6 heteroatoms. The fraction of sp³-hybridized carbons (Fsp3) is 0.235. The monoisotopic (exact) mass is 316 g/mol. The van der Waals surface area contributed by atoms with Crippen molar-refractivity contribution in [3.63, 3.8) is 0 Å². The van der Waals surface area contributed by atoms with Gasteiger partial charge >= 0.3 is 6.09 Å². The number of hydrogen-bond acceptors (Lipinski definition) is 5. The molecule has 23 heavy (non-hydrogen) atoms. The minimum absolute atomic E-state index is 0.235. The third-order valence-electron chi connectivity index (χ3n) is 3.34. The fourth-order valence-electron chi connectivity index (χ4n) is 2.22. The van der Waals surface area contributed by atoms with Gasteiger partial charge in [0.15, 0.2) is 6.23 Å². The molecule has 0 aliphatic heterocycles. The fourth-order valence-corrected chi connectivity index (χ4v) is 2.22. The average molecular weight is 316 g/mol. The molecule has 2 aromatic carbocycles. The zero-order chi connectivity index (χ0) is 16.7. The minimum Gasteiger partial charge on any atom is -0.443 e. The van der Waals surface area contributed by atoms with E-state index in [-0.39, 0.29) is 6.42 Å². The van der Waals surface area contributed by atoms with E-state index in [9.17, 15) is 15.0 Å². The van der Waals surface area contributed by atoms with Crippen LogP contribution in [-0.4, -0.2) is 34.7 Å². The van der Waals surface area contributed by atoms with Crippen molar-refractivity contribution in [3.05, 3.63) is 66.2 Å². The van der Waals surface area contributed by atoms with E-state index in [2.05, 4.69) is 5.32 Å². The van der Waals surface area contributed by atoms with Crippen LogP contribution >= 0.6 is 0 Å². The Kier molecular flexibility index (Phi) is 5.96. The lowest BCUT2D eigenvalue weighted by atomic mass is 10.0. The van der Waals surface area contributed by atoms with Crippen molar-refractivity contribution in [2.75, 3.05) is 5.32 Å². The summed E-state index contributed by atoms with van der Waals surface area (Å²) >= 11 is 0. The first-order valence-corrected chi connectivity index (χ1v) is 7.24. The first-order valence-electron chi connectivity index (χ1n) is 7.24. The number of hydrogen-bond donors (Lipinski definition) is 4. The number of rotatable bonds is 7. The topological polar surface area (TPSA) is 105 Å². The van der Waals surface area contributed by atoms with Crippen LogP contribution in [-0.2, 0) is 11.2 Å². The second-order valence-electron chi connectivity index (χ2n) is 5.11. The molecule has 0 bridgehead atoms. The molecule has 0 heterocycles. The highest BCUT2D eigenvalue weighted by Gasteiger charge is 2.29. The summed E-state index contributed by atoms with van der Waals surface area (Å²) in [5.41, 5.74) is 6.55. The van der Waals surface area contributed by atoms with E-state index >= 15 is 0 Å². The van der Waals surface area contributed by atoms with E-state index in [0.29, 0.717) is 5.69 Å². The maximum absolute atomic E-state index is 11.1. The van der Waals surface area contributed by atoms with Gasteiger partial charge in [0.25, 0.3) is 0 Å². The van der Waals surface area contributed by atoms with Crippen LogP contribution in [0.3, 0.4) is 0 Å². The molecule has 0 aliphatic carbocycles. The Morgan fingerprint density at radius 2 is 1.61 bits per heavy atom. The van der Waals surface area contributed by atoms with Gasteiger partial charge in [-0.3, -0.25) is 0 Å². The lowest BCUT2D eigenvalue weighted by molar-refractivity contribution is -0.0515. The predicted molar refractivity (Wildman–Crippen MR) is 86.7 cm³/mol. The molecule has 2 rings (SSSR count). The summed E-state index contributed by atoms with van der Waals surface area (Å²) in [6, 6.07) is 18.1. The van der Waals surface area contributed by atoms with Gasteiger partial charge in [-0.1, -0.05) is 48.5 Å². The molecule has 0 aromatic heterocycles. The third kappa shape index (κ3) is 5.28. The van der Waals surface area contributed by atoms with Gasteiger partial charge in [-0.25, -0.2) is 4.79 Å². The van der Waals surface area contributed by atoms with Crippen molar-refractivity contribution in [2.24, 2.45) is 5.73 Å². The standard InChI is InChI=1S/C17H20N2O4/c18-17(22)23-14(11-12-7-3-1-4-8-12)15(20)16(21)19-13-9-5-2-6-10-13/h1-10,14-16,19-21H,11H2,(H2,18,22). The van der Waals surface area contributed by atoms with Gasteiger partial charge in [0, 0.05) is 12.1 Å². The summed E-state index contributed by atoms with van der Waals surface area (Å²) in [7, 11) is 0. The quantitative estimate of drug-likeness (QED) is 0.579. The molecule has 0 fully saturated rings. The number of para-hydroxylation sites is 1. The highest BCUT2D eigenvalue weighted by molar-refractivity contribution is 5.65. The number of ether oxygens (including phenoxy) is 1. The zero-order valence-corrected chi connectivity index (χ0v) is 12.5. The largest absolute Gasteiger partial charge is 0.443 e. The van der Waals surface area contributed by atoms with E-state index in [0.717, 1.165) is 5.56 Å². The van der Waals surface area contributed by atoms with Crippen LogP contribution in [0.2, 0.25) is 0 Å². The van der Waals surface area contributed by atoms with E-state index in [1.807, 2.05) is 36.4 Å². The molecular weight excluding hydrogens is 296 g/mol. The third-order valence-corrected chi connectivity index (χ3v) is 3.34. The molecule has 0 saturated carbocycles. The Morgan fingerprint density at radius 1 is 1.04 bits per heavy atom. The van der Waals surface area contributed by atoms with Gasteiger partial charge < -0.3 is 26.0 Å². The molecule has 3 atom stereocenters. The van der Waals surface area contributed by atoms with Crippen molar-refractivity contribution in [2.45, 2.75) is 24.9 Å².